The Morgan fingerprint density at radius 2 is 1.85 bits per heavy atom. The van der Waals surface area contributed by atoms with Crippen LogP contribution in [-0.4, -0.2) is 11.5 Å². The number of fused-ring (bicyclic) bond motifs is 1. The fraction of sp³-hybridized carbons (Fsp3) is 0.176. The van der Waals surface area contributed by atoms with E-state index in [4.69, 9.17) is 4.74 Å². The Labute approximate surface area is 118 Å². The third kappa shape index (κ3) is 2.53. The number of quaternary nitrogens is 1. The van der Waals surface area contributed by atoms with Crippen molar-refractivity contribution >= 4 is 10.9 Å². The van der Waals surface area contributed by atoms with Crippen LogP contribution in [0, 0.1) is 0 Å². The fourth-order valence-electron chi connectivity index (χ4n) is 2.44. The van der Waals surface area contributed by atoms with E-state index in [1.54, 1.807) is 0 Å². The van der Waals surface area contributed by atoms with Gasteiger partial charge in [-0.15, -0.1) is 0 Å². The molecule has 0 saturated carbocycles. The molecule has 102 valence electrons. The number of hydrogen-bond acceptors (Lipinski definition) is 1. The Morgan fingerprint density at radius 3 is 2.65 bits per heavy atom. The van der Waals surface area contributed by atoms with Crippen LogP contribution in [0.25, 0.3) is 10.9 Å². The number of H-pyrrole nitrogens is 1. The fourth-order valence-corrected chi connectivity index (χ4v) is 2.44. The van der Waals surface area contributed by atoms with Gasteiger partial charge in [-0.25, -0.2) is 0 Å². The molecule has 0 bridgehead atoms. The van der Waals surface area contributed by atoms with Gasteiger partial charge in [-0.05, 0) is 17.2 Å². The normalized spacial score (nSPS) is 10.8. The topological polar surface area (TPSA) is 52.7 Å². The third-order valence-corrected chi connectivity index (χ3v) is 3.45. The van der Waals surface area contributed by atoms with Gasteiger partial charge in [0.15, 0.2) is 0 Å². The van der Waals surface area contributed by atoms with Crippen LogP contribution in [0.4, 0.5) is 0 Å². The second kappa shape index (κ2) is 5.80. The van der Waals surface area contributed by atoms with Crippen molar-refractivity contribution in [2.75, 3.05) is 6.54 Å². The summed E-state index contributed by atoms with van der Waals surface area (Å²) in [7, 11) is 0. The summed E-state index contributed by atoms with van der Waals surface area (Å²) in [4.78, 5) is 3.33. The van der Waals surface area contributed by atoms with Gasteiger partial charge < -0.3 is 15.5 Å². The monoisotopic (exact) mass is 267 g/mol. The highest BCUT2D eigenvalue weighted by Gasteiger charge is 2.08. The van der Waals surface area contributed by atoms with Crippen molar-refractivity contribution in [1.82, 2.24) is 4.98 Å². The molecule has 3 nitrogen and oxygen atoms in total. The van der Waals surface area contributed by atoms with Gasteiger partial charge in [0.25, 0.3) is 0 Å². The number of aromatic nitrogens is 1. The Balaban J connectivity index is 1.85. The van der Waals surface area contributed by atoms with Gasteiger partial charge in [-0.2, -0.15) is 0 Å². The zero-order valence-electron chi connectivity index (χ0n) is 11.4. The molecule has 3 aromatic rings. The van der Waals surface area contributed by atoms with Gasteiger partial charge in [0.05, 0.1) is 12.1 Å². The molecule has 0 aliphatic carbocycles. The summed E-state index contributed by atoms with van der Waals surface area (Å²) in [5, 5.41) is 1.24. The lowest BCUT2D eigenvalue weighted by Gasteiger charge is -2.07. The molecule has 0 atom stereocenters. The summed E-state index contributed by atoms with van der Waals surface area (Å²) in [5.41, 5.74) is 7.48. The van der Waals surface area contributed by atoms with Crippen LogP contribution >= 0.6 is 0 Å². The molecule has 0 aliphatic heterocycles. The van der Waals surface area contributed by atoms with E-state index in [1.807, 2.05) is 30.3 Å². The van der Waals surface area contributed by atoms with E-state index in [9.17, 15) is 0 Å². The lowest BCUT2D eigenvalue weighted by Crippen LogP contribution is -2.51. The average molecular weight is 267 g/mol. The number of para-hydroxylation sites is 1. The van der Waals surface area contributed by atoms with E-state index in [2.05, 4.69) is 35.1 Å². The predicted molar refractivity (Wildman–Crippen MR) is 80.5 cm³/mol. The first kappa shape index (κ1) is 12.8. The van der Waals surface area contributed by atoms with Gasteiger partial charge >= 0.3 is 0 Å². The molecule has 1 aromatic heterocycles. The smallest absolute Gasteiger partial charge is 0.143 e. The molecule has 2 aromatic carbocycles. The van der Waals surface area contributed by atoms with Crippen LogP contribution in [0.3, 0.4) is 0 Å². The second-order valence-electron chi connectivity index (χ2n) is 4.87. The molecule has 20 heavy (non-hydrogen) atoms. The number of nitrogens with one attached hydrogen (secondary N) is 1. The van der Waals surface area contributed by atoms with E-state index in [0.717, 1.165) is 24.2 Å². The van der Waals surface area contributed by atoms with Gasteiger partial charge in [0, 0.05) is 18.0 Å². The summed E-state index contributed by atoms with van der Waals surface area (Å²) >= 11 is 0. The number of benzene rings is 2. The molecule has 0 amide bonds. The van der Waals surface area contributed by atoms with Gasteiger partial charge in [-0.1, -0.05) is 42.5 Å². The number of ether oxygens (including phenoxy) is 1. The second-order valence-corrected chi connectivity index (χ2v) is 4.87. The lowest BCUT2D eigenvalue weighted by atomic mass is 10.1. The van der Waals surface area contributed by atoms with Crippen LogP contribution < -0.4 is 10.5 Å². The highest BCUT2D eigenvalue weighted by atomic mass is 16.5. The molecule has 3 heteroatoms. The zero-order chi connectivity index (χ0) is 13.8. The Kier molecular flexibility index (Phi) is 3.70. The molecular weight excluding hydrogens is 248 g/mol. The minimum atomic E-state index is 0.587. The molecular formula is C17H19N2O+. The van der Waals surface area contributed by atoms with Crippen molar-refractivity contribution in [2.24, 2.45) is 0 Å². The van der Waals surface area contributed by atoms with Crippen molar-refractivity contribution in [3.8, 4) is 5.75 Å². The predicted octanol–water partition coefficient (Wildman–Crippen LogP) is 2.53. The quantitative estimate of drug-likeness (QED) is 0.733. The standard InChI is InChI=1S/C17H18N2O/c18-10-9-14-11-19-17-15(14)7-4-8-16(17)20-12-13-5-2-1-3-6-13/h1-8,11,19H,9-10,12,18H2/p+1. The summed E-state index contributed by atoms with van der Waals surface area (Å²) in [5.74, 6) is 0.904. The summed E-state index contributed by atoms with van der Waals surface area (Å²) in [6.07, 6.45) is 3.05. The van der Waals surface area contributed by atoms with E-state index in [0.29, 0.717) is 6.61 Å². The Bertz CT molecular complexity index is 689. The van der Waals surface area contributed by atoms with Crippen molar-refractivity contribution in [1.29, 1.82) is 0 Å². The minimum absolute atomic E-state index is 0.587. The maximum atomic E-state index is 5.95. The van der Waals surface area contributed by atoms with E-state index in [-0.39, 0.29) is 0 Å². The first-order valence-electron chi connectivity index (χ1n) is 6.93. The van der Waals surface area contributed by atoms with Crippen LogP contribution in [0.5, 0.6) is 5.75 Å². The van der Waals surface area contributed by atoms with E-state index >= 15 is 0 Å². The largest absolute Gasteiger partial charge is 0.487 e. The first-order chi connectivity index (χ1) is 9.88. The summed E-state index contributed by atoms with van der Waals surface area (Å²) in [6, 6.07) is 16.4. The molecule has 0 radical (unpaired) electrons. The minimum Gasteiger partial charge on any atom is -0.487 e. The molecule has 1 heterocycles. The van der Waals surface area contributed by atoms with E-state index in [1.165, 1.54) is 16.5 Å². The van der Waals surface area contributed by atoms with Crippen molar-refractivity contribution in [3.63, 3.8) is 0 Å². The van der Waals surface area contributed by atoms with Crippen LogP contribution in [0.15, 0.2) is 54.7 Å². The van der Waals surface area contributed by atoms with Crippen molar-refractivity contribution in [2.45, 2.75) is 13.0 Å². The SMILES string of the molecule is [NH3+]CCc1c[nH]c2c(OCc3ccccc3)cccc12. The van der Waals surface area contributed by atoms with Crippen molar-refractivity contribution in [3.05, 3.63) is 65.9 Å². The highest BCUT2D eigenvalue weighted by molar-refractivity contribution is 5.88. The highest BCUT2D eigenvalue weighted by Crippen LogP contribution is 2.27. The van der Waals surface area contributed by atoms with Gasteiger partial charge in [-0.3, -0.25) is 0 Å². The average Bonchev–Trinajstić information content (AvgIpc) is 2.91. The molecule has 0 unspecified atom stereocenters. The van der Waals surface area contributed by atoms with Crippen LogP contribution in [-0.2, 0) is 13.0 Å². The Hall–Kier alpha value is -2.26. The zero-order valence-corrected chi connectivity index (χ0v) is 11.4. The maximum absolute atomic E-state index is 5.95. The number of hydrogen-bond donors (Lipinski definition) is 2. The first-order valence-corrected chi connectivity index (χ1v) is 6.93. The van der Waals surface area contributed by atoms with Gasteiger partial charge in [0.2, 0.25) is 0 Å². The molecule has 0 spiro atoms. The molecule has 0 saturated heterocycles. The van der Waals surface area contributed by atoms with Crippen LogP contribution in [0.1, 0.15) is 11.1 Å². The van der Waals surface area contributed by atoms with Crippen molar-refractivity contribution < 1.29 is 10.5 Å². The summed E-state index contributed by atoms with van der Waals surface area (Å²) < 4.78 is 5.95. The molecule has 3 rings (SSSR count). The Morgan fingerprint density at radius 1 is 1.00 bits per heavy atom. The molecule has 4 N–H and O–H groups in total. The third-order valence-electron chi connectivity index (χ3n) is 3.45. The van der Waals surface area contributed by atoms with E-state index < -0.39 is 0 Å². The lowest BCUT2D eigenvalue weighted by molar-refractivity contribution is -0.366. The number of aromatic amines is 1. The molecule has 0 aliphatic rings. The maximum Gasteiger partial charge on any atom is 0.143 e. The van der Waals surface area contributed by atoms with Gasteiger partial charge in [0.1, 0.15) is 12.4 Å². The molecule has 0 fully saturated rings. The summed E-state index contributed by atoms with van der Waals surface area (Å²) in [6.45, 7) is 1.49. The number of rotatable bonds is 5. The van der Waals surface area contributed by atoms with Crippen LogP contribution in [0.2, 0.25) is 0 Å².